The predicted octanol–water partition coefficient (Wildman–Crippen LogP) is 1.29. The largest absolute Gasteiger partial charge is 0.377 e. The summed E-state index contributed by atoms with van der Waals surface area (Å²) in [6, 6.07) is 0. The van der Waals surface area contributed by atoms with Crippen LogP contribution in [-0.4, -0.2) is 11.2 Å². The van der Waals surface area contributed by atoms with E-state index in [0.717, 1.165) is 0 Å². The van der Waals surface area contributed by atoms with Crippen LogP contribution in [0.4, 0.5) is 0 Å². The van der Waals surface area contributed by atoms with E-state index < -0.39 is 6.10 Å². The van der Waals surface area contributed by atoms with Gasteiger partial charge in [-0.05, 0) is 6.08 Å². The fraction of sp³-hybridized carbons (Fsp3) is 0.143. The van der Waals surface area contributed by atoms with Crippen LogP contribution in [0, 0.1) is 11.8 Å². The molecule has 0 amide bonds. The molecule has 9 heavy (non-hydrogen) atoms. The van der Waals surface area contributed by atoms with E-state index in [-0.39, 0.29) is 0 Å². The molecule has 48 valence electrons. The quantitative estimate of drug-likeness (QED) is 0.432. The van der Waals surface area contributed by atoms with Crippen molar-refractivity contribution in [2.75, 3.05) is 0 Å². The first kappa shape index (κ1) is 8.29. The molecule has 0 aliphatic heterocycles. The molecule has 0 spiro atoms. The zero-order chi connectivity index (χ0) is 7.11. The van der Waals surface area contributed by atoms with Crippen molar-refractivity contribution in [1.82, 2.24) is 0 Å². The van der Waals surface area contributed by atoms with Gasteiger partial charge in [0.25, 0.3) is 0 Å². The van der Waals surface area contributed by atoms with Crippen LogP contribution < -0.4 is 0 Å². The first-order valence-corrected chi connectivity index (χ1v) is 2.82. The Hall–Kier alpha value is -0.710. The summed E-state index contributed by atoms with van der Waals surface area (Å²) in [5.41, 5.74) is 1.28. The van der Waals surface area contributed by atoms with Crippen molar-refractivity contribution in [3.8, 4) is 11.8 Å². The third kappa shape index (κ3) is 5.16. The van der Waals surface area contributed by atoms with E-state index in [9.17, 15) is 0 Å². The second-order valence-corrected chi connectivity index (χ2v) is 1.51. The standard InChI is InChI=1S/C7H7ClO/c1-2-7(9)5-3-4-6-8/h2,4,6-7,9H,1H2/b6-4+. The number of hydrogen-bond acceptors (Lipinski definition) is 1. The van der Waals surface area contributed by atoms with Crippen LogP contribution in [0.1, 0.15) is 0 Å². The second-order valence-electron chi connectivity index (χ2n) is 1.26. The first-order chi connectivity index (χ1) is 4.31. The molecule has 0 saturated heterocycles. The van der Waals surface area contributed by atoms with Gasteiger partial charge in [0.15, 0.2) is 0 Å². The van der Waals surface area contributed by atoms with Gasteiger partial charge in [-0.1, -0.05) is 36.1 Å². The van der Waals surface area contributed by atoms with Crippen molar-refractivity contribution in [3.63, 3.8) is 0 Å². The maximum atomic E-state index is 8.72. The molecule has 1 N–H and O–H groups in total. The molecule has 2 heteroatoms. The summed E-state index contributed by atoms with van der Waals surface area (Å²) < 4.78 is 0. The normalized spacial score (nSPS) is 12.2. The average Bonchev–Trinajstić information content (AvgIpc) is 1.89. The summed E-state index contributed by atoms with van der Waals surface area (Å²) in [6.07, 6.45) is 2.03. The highest BCUT2D eigenvalue weighted by atomic mass is 35.5. The number of allylic oxidation sites excluding steroid dienone is 1. The maximum Gasteiger partial charge on any atom is 0.133 e. The molecule has 0 heterocycles. The van der Waals surface area contributed by atoms with Gasteiger partial charge in [-0.25, -0.2) is 0 Å². The third-order valence-corrected chi connectivity index (χ3v) is 0.727. The Balaban J connectivity index is 3.71. The highest BCUT2D eigenvalue weighted by Gasteiger charge is 1.83. The van der Waals surface area contributed by atoms with Crippen LogP contribution in [0.5, 0.6) is 0 Å². The molecular formula is C7H7ClO. The molecule has 0 aliphatic carbocycles. The van der Waals surface area contributed by atoms with Crippen LogP contribution in [-0.2, 0) is 0 Å². The molecule has 1 unspecified atom stereocenters. The second kappa shape index (κ2) is 5.43. The van der Waals surface area contributed by atoms with Gasteiger partial charge in [0.1, 0.15) is 6.10 Å². The maximum absolute atomic E-state index is 8.72. The topological polar surface area (TPSA) is 20.2 Å². The summed E-state index contributed by atoms with van der Waals surface area (Å²) in [6.45, 7) is 3.33. The Morgan fingerprint density at radius 1 is 1.67 bits per heavy atom. The Bertz CT molecular complexity index is 161. The van der Waals surface area contributed by atoms with Gasteiger partial charge < -0.3 is 5.11 Å². The van der Waals surface area contributed by atoms with Crippen LogP contribution >= 0.6 is 11.6 Å². The number of aliphatic hydroxyl groups excluding tert-OH is 1. The lowest BCUT2D eigenvalue weighted by atomic mass is 10.3. The average molecular weight is 143 g/mol. The summed E-state index contributed by atoms with van der Waals surface area (Å²) in [7, 11) is 0. The van der Waals surface area contributed by atoms with Crippen molar-refractivity contribution >= 4 is 11.6 Å². The van der Waals surface area contributed by atoms with E-state index in [4.69, 9.17) is 16.7 Å². The van der Waals surface area contributed by atoms with Crippen molar-refractivity contribution in [2.24, 2.45) is 0 Å². The zero-order valence-electron chi connectivity index (χ0n) is 4.84. The number of aliphatic hydroxyl groups is 1. The van der Waals surface area contributed by atoms with E-state index in [0.29, 0.717) is 0 Å². The molecule has 0 saturated carbocycles. The highest BCUT2D eigenvalue weighted by Crippen LogP contribution is 1.79. The smallest absolute Gasteiger partial charge is 0.133 e. The molecule has 1 nitrogen and oxygen atoms in total. The van der Waals surface area contributed by atoms with E-state index in [1.165, 1.54) is 17.7 Å². The zero-order valence-corrected chi connectivity index (χ0v) is 5.60. The van der Waals surface area contributed by atoms with Crippen LogP contribution in [0.25, 0.3) is 0 Å². The van der Waals surface area contributed by atoms with Gasteiger partial charge >= 0.3 is 0 Å². The summed E-state index contributed by atoms with van der Waals surface area (Å²) in [5.74, 6) is 4.95. The number of hydrogen-bond donors (Lipinski definition) is 1. The summed E-state index contributed by atoms with van der Waals surface area (Å²) in [4.78, 5) is 0. The van der Waals surface area contributed by atoms with Crippen LogP contribution in [0.3, 0.4) is 0 Å². The lowest BCUT2D eigenvalue weighted by Crippen LogP contribution is -1.94. The van der Waals surface area contributed by atoms with E-state index in [2.05, 4.69) is 18.4 Å². The first-order valence-electron chi connectivity index (χ1n) is 2.38. The molecule has 0 aliphatic rings. The molecule has 0 fully saturated rings. The Kier molecular flexibility index (Phi) is 5.00. The molecule has 0 rings (SSSR count). The van der Waals surface area contributed by atoms with Crippen molar-refractivity contribution in [1.29, 1.82) is 0 Å². The fourth-order valence-corrected chi connectivity index (χ4v) is 0.287. The fourth-order valence-electron chi connectivity index (χ4n) is 0.224. The van der Waals surface area contributed by atoms with Crippen molar-refractivity contribution in [2.45, 2.75) is 6.10 Å². The monoisotopic (exact) mass is 142 g/mol. The van der Waals surface area contributed by atoms with Crippen LogP contribution in [0.2, 0.25) is 0 Å². The lowest BCUT2D eigenvalue weighted by Gasteiger charge is -1.86. The van der Waals surface area contributed by atoms with Gasteiger partial charge in [-0.2, -0.15) is 0 Å². The molecule has 0 bridgehead atoms. The minimum atomic E-state index is -0.752. The lowest BCUT2D eigenvalue weighted by molar-refractivity contribution is 0.281. The molecular weight excluding hydrogens is 136 g/mol. The molecule has 0 radical (unpaired) electrons. The van der Waals surface area contributed by atoms with Gasteiger partial charge in [0.2, 0.25) is 0 Å². The molecule has 1 atom stereocenters. The third-order valence-electron chi connectivity index (χ3n) is 0.601. The van der Waals surface area contributed by atoms with Gasteiger partial charge in [-0.3, -0.25) is 0 Å². The van der Waals surface area contributed by atoms with E-state index in [1.807, 2.05) is 0 Å². The molecule has 0 aromatic heterocycles. The van der Waals surface area contributed by atoms with Gasteiger partial charge in [0.05, 0.1) is 0 Å². The van der Waals surface area contributed by atoms with Crippen molar-refractivity contribution in [3.05, 3.63) is 24.3 Å². The minimum Gasteiger partial charge on any atom is -0.377 e. The van der Waals surface area contributed by atoms with Gasteiger partial charge in [0, 0.05) is 5.54 Å². The van der Waals surface area contributed by atoms with Gasteiger partial charge in [-0.15, -0.1) is 0 Å². The summed E-state index contributed by atoms with van der Waals surface area (Å²) >= 11 is 5.14. The van der Waals surface area contributed by atoms with Crippen molar-refractivity contribution < 1.29 is 5.11 Å². The Morgan fingerprint density at radius 3 is 2.78 bits per heavy atom. The van der Waals surface area contributed by atoms with Crippen LogP contribution in [0.15, 0.2) is 24.3 Å². The number of halogens is 1. The highest BCUT2D eigenvalue weighted by molar-refractivity contribution is 6.25. The minimum absolute atomic E-state index is 0.752. The predicted molar refractivity (Wildman–Crippen MR) is 39.0 cm³/mol. The van der Waals surface area contributed by atoms with E-state index >= 15 is 0 Å². The van der Waals surface area contributed by atoms with E-state index in [1.54, 1.807) is 0 Å². The number of rotatable bonds is 1. The molecule has 0 aromatic carbocycles. The summed E-state index contributed by atoms with van der Waals surface area (Å²) in [5, 5.41) is 8.72. The molecule has 0 aromatic rings. The Morgan fingerprint density at radius 2 is 2.33 bits per heavy atom. The SMILES string of the molecule is C=CC(O)C#C/C=C/Cl. The Labute approximate surface area is 59.6 Å².